The van der Waals surface area contributed by atoms with Gasteiger partial charge in [-0.15, -0.1) is 0 Å². The van der Waals surface area contributed by atoms with Crippen LogP contribution in [0.25, 0.3) is 0 Å². The van der Waals surface area contributed by atoms with Crippen molar-refractivity contribution in [1.82, 2.24) is 10.6 Å². The predicted molar refractivity (Wildman–Crippen MR) is 26.5 cm³/mol. The zero-order valence-electron chi connectivity index (χ0n) is 4.43. The molecule has 5 heteroatoms. The Kier molecular flexibility index (Phi) is 1.18. The second kappa shape index (κ2) is 1.85. The van der Waals surface area contributed by atoms with Crippen LogP contribution in [0.3, 0.4) is 0 Å². The molecule has 1 aliphatic rings. The van der Waals surface area contributed by atoms with E-state index in [1.54, 1.807) is 5.32 Å². The highest BCUT2D eigenvalue weighted by Crippen LogP contribution is 1.78. The first kappa shape index (κ1) is 5.74. The summed E-state index contributed by atoms with van der Waals surface area (Å²) in [7, 11) is 0. The number of Topliss-reactive ketones (excluding diaryl/α,β-unsaturated/α-hetero) is 1. The number of carbonyl (C=O) groups excluding carboxylic acids is 3. The monoisotopic (exact) mass is 128 g/mol. The minimum absolute atomic E-state index is 0.190. The van der Waals surface area contributed by atoms with Crippen molar-refractivity contribution in [2.75, 3.05) is 6.54 Å². The molecule has 2 N–H and O–H groups in total. The van der Waals surface area contributed by atoms with Gasteiger partial charge in [0, 0.05) is 0 Å². The lowest BCUT2D eigenvalue weighted by Crippen LogP contribution is -2.52. The number of urea groups is 1. The Labute approximate surface area is 50.4 Å². The fourth-order valence-electron chi connectivity index (χ4n) is 0.458. The molecular weight excluding hydrogens is 124 g/mol. The zero-order valence-corrected chi connectivity index (χ0v) is 4.43. The lowest BCUT2D eigenvalue weighted by atomic mass is 10.3. The average molecular weight is 128 g/mol. The van der Waals surface area contributed by atoms with Crippen molar-refractivity contribution in [3.05, 3.63) is 0 Å². The number of carbonyl (C=O) groups is 3. The molecule has 0 aromatic rings. The van der Waals surface area contributed by atoms with Crippen LogP contribution in [0.15, 0.2) is 0 Å². The second-order valence-electron chi connectivity index (χ2n) is 1.56. The first-order chi connectivity index (χ1) is 4.20. The van der Waals surface area contributed by atoms with Crippen LogP contribution in [0.4, 0.5) is 4.79 Å². The molecule has 3 amide bonds. The molecule has 5 nitrogen and oxygen atoms in total. The van der Waals surface area contributed by atoms with Crippen LogP contribution >= 0.6 is 0 Å². The summed E-state index contributed by atoms with van der Waals surface area (Å²) in [6.45, 7) is -0.190. The van der Waals surface area contributed by atoms with Crippen LogP contribution in [-0.4, -0.2) is 24.3 Å². The molecule has 0 aromatic heterocycles. The topological polar surface area (TPSA) is 75.3 Å². The highest BCUT2D eigenvalue weighted by atomic mass is 16.2. The molecular formula is C4H4N2O3. The third-order valence-electron chi connectivity index (χ3n) is 0.890. The molecule has 1 saturated heterocycles. The smallest absolute Gasteiger partial charge is 0.322 e. The van der Waals surface area contributed by atoms with E-state index in [0.29, 0.717) is 0 Å². The van der Waals surface area contributed by atoms with Crippen LogP contribution < -0.4 is 10.6 Å². The summed E-state index contributed by atoms with van der Waals surface area (Å²) >= 11 is 0. The van der Waals surface area contributed by atoms with E-state index in [9.17, 15) is 14.4 Å². The van der Waals surface area contributed by atoms with Gasteiger partial charge in [-0.05, 0) is 0 Å². The van der Waals surface area contributed by atoms with Gasteiger partial charge in [0.1, 0.15) is 0 Å². The molecule has 0 spiro atoms. The molecule has 0 unspecified atom stereocenters. The Morgan fingerprint density at radius 3 is 2.33 bits per heavy atom. The Hall–Kier alpha value is -1.39. The highest BCUT2D eigenvalue weighted by molar-refractivity contribution is 6.41. The number of imide groups is 1. The summed E-state index contributed by atoms with van der Waals surface area (Å²) in [5.41, 5.74) is 0. The number of nitrogens with one attached hydrogen (secondary N) is 2. The molecule has 1 heterocycles. The van der Waals surface area contributed by atoms with Crippen molar-refractivity contribution >= 4 is 17.7 Å². The first-order valence-electron chi connectivity index (χ1n) is 2.32. The van der Waals surface area contributed by atoms with Crippen LogP contribution in [-0.2, 0) is 9.59 Å². The third-order valence-corrected chi connectivity index (χ3v) is 0.890. The number of rotatable bonds is 0. The highest BCUT2D eigenvalue weighted by Gasteiger charge is 2.21. The summed E-state index contributed by atoms with van der Waals surface area (Å²) in [5.74, 6) is -1.45. The van der Waals surface area contributed by atoms with E-state index >= 15 is 0 Å². The van der Waals surface area contributed by atoms with Gasteiger partial charge in [-0.1, -0.05) is 0 Å². The Balaban J connectivity index is 2.64. The van der Waals surface area contributed by atoms with Gasteiger partial charge in [0.25, 0.3) is 5.91 Å². The van der Waals surface area contributed by atoms with Crippen LogP contribution in [0.5, 0.6) is 0 Å². The van der Waals surface area contributed by atoms with Crippen LogP contribution in [0.1, 0.15) is 0 Å². The molecule has 0 aliphatic carbocycles. The van der Waals surface area contributed by atoms with Gasteiger partial charge in [0.2, 0.25) is 5.78 Å². The fraction of sp³-hybridized carbons (Fsp3) is 0.250. The maximum absolute atomic E-state index is 10.3. The minimum Gasteiger partial charge on any atom is -0.330 e. The summed E-state index contributed by atoms with van der Waals surface area (Å²) in [6.07, 6.45) is 0. The van der Waals surface area contributed by atoms with E-state index in [1.807, 2.05) is 0 Å². The van der Waals surface area contributed by atoms with E-state index in [1.165, 1.54) is 0 Å². The van der Waals surface area contributed by atoms with Crippen molar-refractivity contribution in [1.29, 1.82) is 0 Å². The summed E-state index contributed by atoms with van der Waals surface area (Å²) in [4.78, 5) is 30.8. The van der Waals surface area contributed by atoms with E-state index in [2.05, 4.69) is 5.32 Å². The number of amides is 3. The molecule has 0 atom stereocenters. The van der Waals surface area contributed by atoms with Crippen molar-refractivity contribution in [3.8, 4) is 0 Å². The Morgan fingerprint density at radius 2 is 1.89 bits per heavy atom. The average Bonchev–Trinajstić information content (AvgIpc) is 1.80. The summed E-state index contributed by atoms with van der Waals surface area (Å²) in [6, 6.07) is -0.611. The van der Waals surface area contributed by atoms with Gasteiger partial charge in [0.15, 0.2) is 0 Å². The second-order valence-corrected chi connectivity index (χ2v) is 1.56. The number of hydrogen-bond acceptors (Lipinski definition) is 3. The van der Waals surface area contributed by atoms with Gasteiger partial charge in [-0.3, -0.25) is 14.9 Å². The molecule has 48 valence electrons. The molecule has 1 aliphatic heterocycles. The maximum atomic E-state index is 10.3. The van der Waals surface area contributed by atoms with Crippen LogP contribution in [0, 0.1) is 0 Å². The van der Waals surface area contributed by atoms with Crippen molar-refractivity contribution in [2.45, 2.75) is 0 Å². The largest absolute Gasteiger partial charge is 0.330 e. The Morgan fingerprint density at radius 1 is 1.22 bits per heavy atom. The summed E-state index contributed by atoms with van der Waals surface area (Å²) < 4.78 is 0. The predicted octanol–water partition coefficient (Wildman–Crippen LogP) is -1.61. The van der Waals surface area contributed by atoms with Gasteiger partial charge in [0.05, 0.1) is 6.54 Å². The number of ketones is 1. The normalized spacial score (nSPS) is 18.9. The van der Waals surface area contributed by atoms with Gasteiger partial charge in [-0.25, -0.2) is 4.79 Å². The zero-order chi connectivity index (χ0) is 6.85. The van der Waals surface area contributed by atoms with E-state index < -0.39 is 17.7 Å². The van der Waals surface area contributed by atoms with Crippen LogP contribution in [0.2, 0.25) is 0 Å². The van der Waals surface area contributed by atoms with Gasteiger partial charge < -0.3 is 5.32 Å². The lowest BCUT2D eigenvalue weighted by molar-refractivity contribution is -0.137. The maximum Gasteiger partial charge on any atom is 0.322 e. The Bertz CT molecular complexity index is 186. The van der Waals surface area contributed by atoms with E-state index in [0.717, 1.165) is 0 Å². The molecule has 0 aromatic carbocycles. The number of hydrogen-bond donors (Lipinski definition) is 2. The van der Waals surface area contributed by atoms with Gasteiger partial charge in [-0.2, -0.15) is 0 Å². The quantitative estimate of drug-likeness (QED) is 0.385. The molecule has 1 rings (SSSR count). The molecule has 1 fully saturated rings. The molecule has 9 heavy (non-hydrogen) atoms. The standard InChI is InChI=1S/C4H4N2O3/c7-2-1-5-4(9)6-3(2)8/h1H2,(H2,5,6,8,9). The van der Waals surface area contributed by atoms with Gasteiger partial charge >= 0.3 is 6.03 Å². The molecule has 0 radical (unpaired) electrons. The third kappa shape index (κ3) is 1.04. The van der Waals surface area contributed by atoms with Crippen molar-refractivity contribution < 1.29 is 14.4 Å². The fourth-order valence-corrected chi connectivity index (χ4v) is 0.458. The van der Waals surface area contributed by atoms with E-state index in [4.69, 9.17) is 0 Å². The minimum atomic E-state index is -0.834. The van der Waals surface area contributed by atoms with E-state index in [-0.39, 0.29) is 6.54 Å². The SMILES string of the molecule is O=C1NCC(=O)C(=O)N1. The summed E-state index contributed by atoms with van der Waals surface area (Å²) in [5, 5.41) is 3.93. The lowest BCUT2D eigenvalue weighted by Gasteiger charge is -2.09. The van der Waals surface area contributed by atoms with Crippen molar-refractivity contribution in [2.24, 2.45) is 0 Å². The first-order valence-corrected chi connectivity index (χ1v) is 2.32. The molecule has 0 bridgehead atoms. The molecule has 0 saturated carbocycles. The van der Waals surface area contributed by atoms with Crippen molar-refractivity contribution in [3.63, 3.8) is 0 Å².